The summed E-state index contributed by atoms with van der Waals surface area (Å²) >= 11 is 0. The van der Waals surface area contributed by atoms with Crippen molar-refractivity contribution in [3.05, 3.63) is 35.9 Å². The van der Waals surface area contributed by atoms with Gasteiger partial charge in [0.05, 0.1) is 0 Å². The van der Waals surface area contributed by atoms with Crippen LogP contribution in [-0.2, 0) is 5.41 Å². The van der Waals surface area contributed by atoms with Crippen molar-refractivity contribution in [3.63, 3.8) is 0 Å². The quantitative estimate of drug-likeness (QED) is 0.855. The van der Waals surface area contributed by atoms with Crippen LogP contribution in [0.4, 0.5) is 0 Å². The minimum atomic E-state index is 0.379. The summed E-state index contributed by atoms with van der Waals surface area (Å²) < 4.78 is 0. The highest BCUT2D eigenvalue weighted by molar-refractivity contribution is 5.27. The van der Waals surface area contributed by atoms with Gasteiger partial charge in [-0.2, -0.15) is 0 Å². The van der Waals surface area contributed by atoms with E-state index < -0.39 is 0 Å². The second kappa shape index (κ2) is 6.28. The van der Waals surface area contributed by atoms with Crippen molar-refractivity contribution in [2.45, 2.75) is 50.5 Å². The highest BCUT2D eigenvalue weighted by Crippen LogP contribution is 2.37. The molecule has 2 aliphatic rings. The molecule has 0 amide bonds. The maximum absolute atomic E-state index is 3.54. The summed E-state index contributed by atoms with van der Waals surface area (Å²) in [7, 11) is 0. The average molecular weight is 272 g/mol. The van der Waals surface area contributed by atoms with E-state index in [-0.39, 0.29) is 0 Å². The van der Waals surface area contributed by atoms with Gasteiger partial charge in [-0.05, 0) is 57.3 Å². The van der Waals surface area contributed by atoms with E-state index in [1.54, 1.807) is 5.56 Å². The van der Waals surface area contributed by atoms with E-state index in [4.69, 9.17) is 0 Å². The molecule has 0 unspecified atom stereocenters. The molecule has 1 saturated heterocycles. The van der Waals surface area contributed by atoms with Crippen molar-refractivity contribution >= 4 is 0 Å². The smallest absolute Gasteiger partial charge is 0.0104 e. The summed E-state index contributed by atoms with van der Waals surface area (Å²) in [5.74, 6) is 0. The van der Waals surface area contributed by atoms with E-state index in [0.29, 0.717) is 5.41 Å². The Morgan fingerprint density at radius 2 is 1.85 bits per heavy atom. The van der Waals surface area contributed by atoms with Crippen LogP contribution < -0.4 is 5.32 Å². The van der Waals surface area contributed by atoms with E-state index in [9.17, 15) is 0 Å². The number of hydrogen-bond donors (Lipinski definition) is 1. The van der Waals surface area contributed by atoms with E-state index in [0.717, 1.165) is 6.04 Å². The lowest BCUT2D eigenvalue weighted by atomic mass is 9.72. The topological polar surface area (TPSA) is 15.3 Å². The van der Waals surface area contributed by atoms with Gasteiger partial charge in [-0.3, -0.25) is 4.90 Å². The van der Waals surface area contributed by atoms with Gasteiger partial charge in [0.2, 0.25) is 0 Å². The molecule has 0 aromatic heterocycles. The molecule has 2 nitrogen and oxygen atoms in total. The van der Waals surface area contributed by atoms with Crippen molar-refractivity contribution in [1.82, 2.24) is 10.2 Å². The number of rotatable bonds is 6. The summed E-state index contributed by atoms with van der Waals surface area (Å²) in [5.41, 5.74) is 1.94. The summed E-state index contributed by atoms with van der Waals surface area (Å²) in [6, 6.07) is 12.1. The highest BCUT2D eigenvalue weighted by Gasteiger charge is 2.39. The Morgan fingerprint density at radius 3 is 2.45 bits per heavy atom. The van der Waals surface area contributed by atoms with Crippen LogP contribution in [0, 0.1) is 0 Å². The second-order valence-electron chi connectivity index (χ2n) is 6.60. The number of piperidine rings is 1. The van der Waals surface area contributed by atoms with Crippen molar-refractivity contribution in [3.8, 4) is 0 Å². The molecule has 110 valence electrons. The molecule has 2 fully saturated rings. The maximum atomic E-state index is 3.54. The molecule has 1 saturated carbocycles. The largest absolute Gasteiger partial charge is 0.317 e. The van der Waals surface area contributed by atoms with E-state index in [2.05, 4.69) is 47.5 Å². The van der Waals surface area contributed by atoms with E-state index in [1.807, 2.05) is 0 Å². The van der Waals surface area contributed by atoms with E-state index in [1.165, 1.54) is 58.3 Å². The fourth-order valence-corrected chi connectivity index (χ4v) is 3.74. The zero-order chi connectivity index (χ0) is 13.8. The van der Waals surface area contributed by atoms with Crippen LogP contribution in [0.25, 0.3) is 0 Å². The standard InChI is InChI=1S/C18H28N2/c1-2-14-20(17-8-9-17)15-18(10-12-19-13-11-18)16-6-4-3-5-7-16/h3-7,17,19H,2,8-15H2,1H3. The zero-order valence-corrected chi connectivity index (χ0v) is 12.8. The highest BCUT2D eigenvalue weighted by atomic mass is 15.2. The van der Waals surface area contributed by atoms with Crippen LogP contribution >= 0.6 is 0 Å². The van der Waals surface area contributed by atoms with Gasteiger partial charge in [0, 0.05) is 18.0 Å². The minimum absolute atomic E-state index is 0.379. The summed E-state index contributed by atoms with van der Waals surface area (Å²) in [6.45, 7) is 7.18. The third-order valence-electron chi connectivity index (χ3n) is 5.03. The van der Waals surface area contributed by atoms with Crippen molar-refractivity contribution in [2.24, 2.45) is 0 Å². The lowest BCUT2D eigenvalue weighted by Crippen LogP contribution is -2.48. The first-order chi connectivity index (χ1) is 9.84. The molecule has 0 spiro atoms. The molecule has 20 heavy (non-hydrogen) atoms. The number of benzene rings is 1. The minimum Gasteiger partial charge on any atom is -0.317 e. The Morgan fingerprint density at radius 1 is 1.15 bits per heavy atom. The molecule has 1 aromatic rings. The van der Waals surface area contributed by atoms with Gasteiger partial charge in [0.1, 0.15) is 0 Å². The molecular weight excluding hydrogens is 244 g/mol. The van der Waals surface area contributed by atoms with Gasteiger partial charge in [-0.25, -0.2) is 0 Å². The third-order valence-corrected chi connectivity index (χ3v) is 5.03. The van der Waals surface area contributed by atoms with Crippen LogP contribution in [0.2, 0.25) is 0 Å². The fourth-order valence-electron chi connectivity index (χ4n) is 3.74. The number of hydrogen-bond acceptors (Lipinski definition) is 2. The average Bonchev–Trinajstić information content (AvgIpc) is 3.33. The van der Waals surface area contributed by atoms with E-state index >= 15 is 0 Å². The Bertz CT molecular complexity index is 405. The Labute approximate surface area is 123 Å². The van der Waals surface area contributed by atoms with Gasteiger partial charge in [0.25, 0.3) is 0 Å². The first kappa shape index (κ1) is 14.1. The molecule has 1 aliphatic carbocycles. The van der Waals surface area contributed by atoms with Crippen molar-refractivity contribution in [1.29, 1.82) is 0 Å². The molecule has 1 heterocycles. The fraction of sp³-hybridized carbons (Fsp3) is 0.667. The van der Waals surface area contributed by atoms with Gasteiger partial charge >= 0.3 is 0 Å². The van der Waals surface area contributed by atoms with Crippen LogP contribution in [0.1, 0.15) is 44.6 Å². The van der Waals surface area contributed by atoms with Gasteiger partial charge < -0.3 is 5.32 Å². The molecule has 0 radical (unpaired) electrons. The normalized spacial score (nSPS) is 22.1. The predicted molar refractivity (Wildman–Crippen MR) is 85.1 cm³/mol. The lowest BCUT2D eigenvalue weighted by molar-refractivity contribution is 0.167. The van der Waals surface area contributed by atoms with Crippen LogP contribution in [-0.4, -0.2) is 37.1 Å². The molecule has 2 heteroatoms. The molecule has 1 N–H and O–H groups in total. The molecule has 0 atom stereocenters. The Hall–Kier alpha value is -0.860. The molecule has 0 bridgehead atoms. The van der Waals surface area contributed by atoms with Gasteiger partial charge in [0.15, 0.2) is 0 Å². The third kappa shape index (κ3) is 3.07. The van der Waals surface area contributed by atoms with Gasteiger partial charge in [-0.15, -0.1) is 0 Å². The van der Waals surface area contributed by atoms with Crippen molar-refractivity contribution < 1.29 is 0 Å². The predicted octanol–water partition coefficient (Wildman–Crippen LogP) is 3.18. The summed E-state index contributed by atoms with van der Waals surface area (Å²) in [5, 5.41) is 3.54. The number of nitrogens with zero attached hydrogens (tertiary/aromatic N) is 1. The molecule has 3 rings (SSSR count). The van der Waals surface area contributed by atoms with Crippen LogP contribution in [0.3, 0.4) is 0 Å². The monoisotopic (exact) mass is 272 g/mol. The first-order valence-corrected chi connectivity index (χ1v) is 8.34. The van der Waals surface area contributed by atoms with Crippen LogP contribution in [0.5, 0.6) is 0 Å². The number of nitrogens with one attached hydrogen (secondary N) is 1. The second-order valence-corrected chi connectivity index (χ2v) is 6.60. The van der Waals surface area contributed by atoms with Gasteiger partial charge in [-0.1, -0.05) is 37.3 Å². The first-order valence-electron chi connectivity index (χ1n) is 8.34. The molecule has 1 aromatic carbocycles. The lowest BCUT2D eigenvalue weighted by Gasteiger charge is -2.42. The van der Waals surface area contributed by atoms with Crippen molar-refractivity contribution in [2.75, 3.05) is 26.2 Å². The molecular formula is C18H28N2. The maximum Gasteiger partial charge on any atom is 0.0104 e. The van der Waals surface area contributed by atoms with Crippen LogP contribution in [0.15, 0.2) is 30.3 Å². The Balaban J connectivity index is 1.81. The molecule has 1 aliphatic heterocycles. The zero-order valence-electron chi connectivity index (χ0n) is 12.8. The summed E-state index contributed by atoms with van der Waals surface area (Å²) in [4.78, 5) is 2.78. The summed E-state index contributed by atoms with van der Waals surface area (Å²) in [6.07, 6.45) is 6.68. The Kier molecular flexibility index (Phi) is 4.42. The SMILES string of the molecule is CCCN(CC1(c2ccccc2)CCNCC1)C1CC1.